The summed E-state index contributed by atoms with van der Waals surface area (Å²) >= 11 is 1.69. The summed E-state index contributed by atoms with van der Waals surface area (Å²) in [5.74, 6) is 0.971. The molecule has 0 saturated heterocycles. The largest absolute Gasteiger partial charge is 0.341 e. The normalized spacial score (nSPS) is 11.2. The Morgan fingerprint density at radius 1 is 1.28 bits per heavy atom. The Morgan fingerprint density at radius 2 is 2.17 bits per heavy atom. The number of rotatable bonds is 4. The third-order valence-electron chi connectivity index (χ3n) is 2.86. The Labute approximate surface area is 109 Å². The first-order valence-corrected chi connectivity index (χ1v) is 6.74. The maximum atomic E-state index is 4.52. The molecule has 0 saturated carbocycles. The van der Waals surface area contributed by atoms with Crippen molar-refractivity contribution in [3.63, 3.8) is 0 Å². The van der Waals surface area contributed by atoms with Gasteiger partial charge in [-0.05, 0) is 19.1 Å². The van der Waals surface area contributed by atoms with E-state index in [1.165, 1.54) is 4.88 Å². The molecule has 0 atom stereocenters. The predicted octanol–water partition coefficient (Wildman–Crippen LogP) is 2.62. The minimum absolute atomic E-state index is 0.742. The van der Waals surface area contributed by atoms with E-state index in [-0.39, 0.29) is 0 Å². The smallest absolute Gasteiger partial charge is 0.121 e. The van der Waals surface area contributed by atoms with E-state index in [4.69, 9.17) is 0 Å². The van der Waals surface area contributed by atoms with Crippen molar-refractivity contribution in [2.45, 2.75) is 20.0 Å². The van der Waals surface area contributed by atoms with Crippen molar-refractivity contribution in [3.05, 3.63) is 46.2 Å². The fourth-order valence-corrected chi connectivity index (χ4v) is 2.63. The van der Waals surface area contributed by atoms with Crippen LogP contribution in [0.4, 0.5) is 0 Å². The van der Waals surface area contributed by atoms with Gasteiger partial charge in [0.05, 0.1) is 28.8 Å². The molecule has 0 fully saturated rings. The number of aromatic amines is 1. The summed E-state index contributed by atoms with van der Waals surface area (Å²) in [7, 11) is 0. The molecule has 1 aromatic carbocycles. The number of thiazole rings is 1. The zero-order valence-corrected chi connectivity index (χ0v) is 10.9. The molecule has 0 bridgehead atoms. The Bertz CT molecular complexity index is 623. The molecule has 3 rings (SSSR count). The predicted molar refractivity (Wildman–Crippen MR) is 73.5 cm³/mol. The van der Waals surface area contributed by atoms with E-state index in [1.54, 1.807) is 11.3 Å². The van der Waals surface area contributed by atoms with Crippen LogP contribution < -0.4 is 5.32 Å². The van der Waals surface area contributed by atoms with Crippen molar-refractivity contribution in [1.29, 1.82) is 0 Å². The fourth-order valence-electron chi connectivity index (χ4n) is 1.88. The first-order valence-electron chi connectivity index (χ1n) is 5.86. The van der Waals surface area contributed by atoms with E-state index >= 15 is 0 Å². The summed E-state index contributed by atoms with van der Waals surface area (Å²) in [6.07, 6.45) is 0. The van der Waals surface area contributed by atoms with Crippen LogP contribution in [0.1, 0.15) is 16.4 Å². The highest BCUT2D eigenvalue weighted by Crippen LogP contribution is 2.12. The second-order valence-electron chi connectivity index (χ2n) is 4.17. The second kappa shape index (κ2) is 4.88. The lowest BCUT2D eigenvalue weighted by Crippen LogP contribution is -2.13. The SMILES string of the molecule is Cc1ncsc1CNCc1nc2ccccc2[nH]1. The molecule has 2 aromatic heterocycles. The number of para-hydroxylation sites is 2. The van der Waals surface area contributed by atoms with Gasteiger partial charge >= 0.3 is 0 Å². The van der Waals surface area contributed by atoms with Gasteiger partial charge in [-0.3, -0.25) is 0 Å². The van der Waals surface area contributed by atoms with Gasteiger partial charge in [-0.15, -0.1) is 11.3 Å². The number of hydrogen-bond donors (Lipinski definition) is 2. The highest BCUT2D eigenvalue weighted by atomic mass is 32.1. The highest BCUT2D eigenvalue weighted by Gasteiger charge is 2.03. The lowest BCUT2D eigenvalue weighted by molar-refractivity contribution is 0.673. The summed E-state index contributed by atoms with van der Waals surface area (Å²) in [5, 5.41) is 3.38. The third-order valence-corrected chi connectivity index (χ3v) is 3.80. The summed E-state index contributed by atoms with van der Waals surface area (Å²) in [5.41, 5.74) is 5.09. The zero-order valence-electron chi connectivity index (χ0n) is 10.1. The van der Waals surface area contributed by atoms with Crippen molar-refractivity contribution in [1.82, 2.24) is 20.3 Å². The fraction of sp³-hybridized carbons (Fsp3) is 0.231. The molecule has 2 N–H and O–H groups in total. The van der Waals surface area contributed by atoms with Crippen molar-refractivity contribution in [3.8, 4) is 0 Å². The minimum atomic E-state index is 0.742. The molecule has 5 heteroatoms. The van der Waals surface area contributed by atoms with Gasteiger partial charge in [-0.25, -0.2) is 9.97 Å². The second-order valence-corrected chi connectivity index (χ2v) is 5.10. The number of H-pyrrole nitrogens is 1. The van der Waals surface area contributed by atoms with E-state index < -0.39 is 0 Å². The molecular weight excluding hydrogens is 244 g/mol. The van der Waals surface area contributed by atoms with Gasteiger partial charge in [0.25, 0.3) is 0 Å². The molecule has 0 spiro atoms. The summed E-state index contributed by atoms with van der Waals surface area (Å²) in [6, 6.07) is 8.07. The first-order chi connectivity index (χ1) is 8.83. The quantitative estimate of drug-likeness (QED) is 0.756. The standard InChI is InChI=1S/C13H14N4S/c1-9-12(18-8-15-9)6-14-7-13-16-10-4-2-3-5-11(10)17-13/h2-5,8,14H,6-7H2,1H3,(H,16,17). The summed E-state index contributed by atoms with van der Waals surface area (Å²) < 4.78 is 0. The van der Waals surface area contributed by atoms with Gasteiger partial charge < -0.3 is 10.3 Å². The average Bonchev–Trinajstić information content (AvgIpc) is 2.96. The Hall–Kier alpha value is -1.72. The zero-order chi connectivity index (χ0) is 12.4. The van der Waals surface area contributed by atoms with Crippen LogP contribution in [0.3, 0.4) is 0 Å². The molecule has 3 aromatic rings. The van der Waals surface area contributed by atoms with Crippen LogP contribution in [0.15, 0.2) is 29.8 Å². The lowest BCUT2D eigenvalue weighted by atomic mass is 10.3. The van der Waals surface area contributed by atoms with Gasteiger partial charge in [0.1, 0.15) is 5.82 Å². The molecule has 2 heterocycles. The van der Waals surface area contributed by atoms with Crippen LogP contribution in [-0.2, 0) is 13.1 Å². The maximum absolute atomic E-state index is 4.52. The topological polar surface area (TPSA) is 53.6 Å². The molecular formula is C13H14N4S. The number of benzene rings is 1. The molecule has 4 nitrogen and oxygen atoms in total. The molecule has 0 unspecified atom stereocenters. The maximum Gasteiger partial charge on any atom is 0.121 e. The van der Waals surface area contributed by atoms with Crippen LogP contribution >= 0.6 is 11.3 Å². The number of nitrogens with one attached hydrogen (secondary N) is 2. The summed E-state index contributed by atoms with van der Waals surface area (Å²) in [4.78, 5) is 13.3. The van der Waals surface area contributed by atoms with E-state index in [0.29, 0.717) is 0 Å². The molecule has 0 aliphatic rings. The van der Waals surface area contributed by atoms with Crippen LogP contribution in [0.5, 0.6) is 0 Å². The molecule has 92 valence electrons. The number of nitrogens with zero attached hydrogens (tertiary/aromatic N) is 2. The third kappa shape index (κ3) is 2.27. The lowest BCUT2D eigenvalue weighted by Gasteiger charge is -2.00. The number of fused-ring (bicyclic) bond motifs is 1. The van der Waals surface area contributed by atoms with Gasteiger partial charge in [-0.2, -0.15) is 0 Å². The van der Waals surface area contributed by atoms with Gasteiger partial charge in [-0.1, -0.05) is 12.1 Å². The highest BCUT2D eigenvalue weighted by molar-refractivity contribution is 7.09. The molecule has 0 amide bonds. The van der Waals surface area contributed by atoms with Crippen molar-refractivity contribution < 1.29 is 0 Å². The van der Waals surface area contributed by atoms with Crippen LogP contribution in [-0.4, -0.2) is 15.0 Å². The van der Waals surface area contributed by atoms with Crippen molar-refractivity contribution >= 4 is 22.4 Å². The molecule has 18 heavy (non-hydrogen) atoms. The number of hydrogen-bond acceptors (Lipinski definition) is 4. The molecule has 0 radical (unpaired) electrons. The average molecular weight is 258 g/mol. The van der Waals surface area contributed by atoms with Gasteiger partial charge in [0.15, 0.2) is 0 Å². The van der Waals surface area contributed by atoms with Gasteiger partial charge in [0.2, 0.25) is 0 Å². The van der Waals surface area contributed by atoms with Crippen molar-refractivity contribution in [2.75, 3.05) is 0 Å². The van der Waals surface area contributed by atoms with E-state index in [0.717, 1.165) is 35.6 Å². The van der Waals surface area contributed by atoms with Crippen LogP contribution in [0.25, 0.3) is 11.0 Å². The van der Waals surface area contributed by atoms with E-state index in [1.807, 2.05) is 36.7 Å². The van der Waals surface area contributed by atoms with Crippen LogP contribution in [0.2, 0.25) is 0 Å². The first kappa shape index (κ1) is 11.4. The Balaban J connectivity index is 1.65. The van der Waals surface area contributed by atoms with Gasteiger partial charge in [0, 0.05) is 11.4 Å². The molecule has 0 aliphatic carbocycles. The Kier molecular flexibility index (Phi) is 3.08. The van der Waals surface area contributed by atoms with E-state index in [9.17, 15) is 0 Å². The molecule has 0 aliphatic heterocycles. The number of imidazole rings is 1. The summed E-state index contributed by atoms with van der Waals surface area (Å²) in [6.45, 7) is 3.62. The van der Waals surface area contributed by atoms with Crippen molar-refractivity contribution in [2.24, 2.45) is 0 Å². The van der Waals surface area contributed by atoms with Crippen LogP contribution in [0, 0.1) is 6.92 Å². The monoisotopic (exact) mass is 258 g/mol. The number of aromatic nitrogens is 3. The Morgan fingerprint density at radius 3 is 2.94 bits per heavy atom. The number of aryl methyl sites for hydroxylation is 1. The van der Waals surface area contributed by atoms with E-state index in [2.05, 4.69) is 20.3 Å². The minimum Gasteiger partial charge on any atom is -0.341 e.